The van der Waals surface area contributed by atoms with Crippen molar-refractivity contribution in [2.24, 2.45) is 5.92 Å². The van der Waals surface area contributed by atoms with Crippen LogP contribution >= 0.6 is 0 Å². The van der Waals surface area contributed by atoms with E-state index in [2.05, 4.69) is 17.7 Å². The van der Waals surface area contributed by atoms with Gasteiger partial charge in [-0.25, -0.2) is 0 Å². The van der Waals surface area contributed by atoms with Gasteiger partial charge < -0.3 is 15.4 Å². The van der Waals surface area contributed by atoms with Crippen LogP contribution in [0.1, 0.15) is 25.7 Å². The summed E-state index contributed by atoms with van der Waals surface area (Å²) in [5.41, 5.74) is 0. The highest BCUT2D eigenvalue weighted by Gasteiger charge is 2.26. The van der Waals surface area contributed by atoms with Gasteiger partial charge in [-0.15, -0.1) is 0 Å². The van der Waals surface area contributed by atoms with Gasteiger partial charge in [0.2, 0.25) is 0 Å². The molecular formula is C11H22N2O. The number of rotatable bonds is 5. The maximum atomic E-state index is 5.38. The minimum Gasteiger partial charge on any atom is -0.381 e. The Labute approximate surface area is 86.6 Å². The van der Waals surface area contributed by atoms with Crippen LogP contribution in [0.2, 0.25) is 0 Å². The summed E-state index contributed by atoms with van der Waals surface area (Å²) in [5, 5.41) is 7.04. The second-order valence-corrected chi connectivity index (χ2v) is 4.53. The van der Waals surface area contributed by atoms with E-state index in [0.29, 0.717) is 6.04 Å². The monoisotopic (exact) mass is 198 g/mol. The third-order valence-electron chi connectivity index (χ3n) is 3.41. The molecule has 0 amide bonds. The van der Waals surface area contributed by atoms with E-state index in [9.17, 15) is 0 Å². The van der Waals surface area contributed by atoms with Crippen LogP contribution in [0.15, 0.2) is 0 Å². The average Bonchev–Trinajstić information content (AvgIpc) is 3.04. The number of likely N-dealkylation sites (N-methyl/N-ethyl adjacent to an activating group) is 1. The van der Waals surface area contributed by atoms with Crippen molar-refractivity contribution in [2.45, 2.75) is 37.8 Å². The van der Waals surface area contributed by atoms with E-state index in [0.717, 1.165) is 31.7 Å². The number of hydrogen-bond donors (Lipinski definition) is 2. The Hall–Kier alpha value is -0.120. The van der Waals surface area contributed by atoms with Gasteiger partial charge in [-0.1, -0.05) is 0 Å². The highest BCUT2D eigenvalue weighted by atomic mass is 16.5. The molecule has 0 aromatic heterocycles. The zero-order chi connectivity index (χ0) is 9.80. The Morgan fingerprint density at radius 2 is 1.93 bits per heavy atom. The fourth-order valence-electron chi connectivity index (χ4n) is 2.20. The maximum Gasteiger partial charge on any atom is 0.0469 e. The molecule has 0 spiro atoms. The molecule has 2 N–H and O–H groups in total. The second kappa shape index (κ2) is 5.10. The Morgan fingerprint density at radius 1 is 1.21 bits per heavy atom. The number of hydrogen-bond acceptors (Lipinski definition) is 3. The van der Waals surface area contributed by atoms with Crippen molar-refractivity contribution in [1.82, 2.24) is 10.6 Å². The molecule has 2 rings (SSSR count). The first-order valence-corrected chi connectivity index (χ1v) is 5.88. The third-order valence-corrected chi connectivity index (χ3v) is 3.41. The van der Waals surface area contributed by atoms with E-state index in [1.807, 2.05) is 0 Å². The Bertz CT molecular complexity index is 165. The zero-order valence-electron chi connectivity index (χ0n) is 9.09. The van der Waals surface area contributed by atoms with Gasteiger partial charge in [-0.3, -0.25) is 0 Å². The molecule has 2 fully saturated rings. The first-order chi connectivity index (χ1) is 6.90. The summed E-state index contributed by atoms with van der Waals surface area (Å²) in [6.45, 7) is 3.03. The first-order valence-electron chi connectivity index (χ1n) is 5.88. The Balaban J connectivity index is 1.71. The summed E-state index contributed by atoms with van der Waals surface area (Å²) in [7, 11) is 2.08. The molecule has 1 heterocycles. The predicted molar refractivity (Wildman–Crippen MR) is 57.4 cm³/mol. The minimum atomic E-state index is 0.638. The van der Waals surface area contributed by atoms with Gasteiger partial charge in [-0.05, 0) is 38.6 Å². The molecule has 1 unspecified atom stereocenters. The average molecular weight is 198 g/mol. The largest absolute Gasteiger partial charge is 0.381 e. The lowest BCUT2D eigenvalue weighted by Crippen LogP contribution is -2.44. The molecule has 0 aromatic rings. The first kappa shape index (κ1) is 10.4. The molecule has 3 nitrogen and oxygen atoms in total. The molecule has 82 valence electrons. The molecule has 0 radical (unpaired) electrons. The SMILES string of the molecule is CNC(CNC1CC1)C1CCOCC1. The van der Waals surface area contributed by atoms with Gasteiger partial charge in [-0.2, -0.15) is 0 Å². The molecule has 1 aliphatic carbocycles. The van der Waals surface area contributed by atoms with Crippen LogP contribution in [0.4, 0.5) is 0 Å². The van der Waals surface area contributed by atoms with E-state index in [-0.39, 0.29) is 0 Å². The summed E-state index contributed by atoms with van der Waals surface area (Å²) in [4.78, 5) is 0. The highest BCUT2D eigenvalue weighted by molar-refractivity contribution is 4.85. The number of nitrogens with one attached hydrogen (secondary N) is 2. The lowest BCUT2D eigenvalue weighted by atomic mass is 9.92. The van der Waals surface area contributed by atoms with Crippen molar-refractivity contribution >= 4 is 0 Å². The summed E-state index contributed by atoms with van der Waals surface area (Å²) < 4.78 is 5.38. The quantitative estimate of drug-likeness (QED) is 0.684. The van der Waals surface area contributed by atoms with Crippen LogP contribution < -0.4 is 10.6 Å². The van der Waals surface area contributed by atoms with Gasteiger partial charge in [0.1, 0.15) is 0 Å². The third kappa shape index (κ3) is 2.94. The van der Waals surface area contributed by atoms with Crippen LogP contribution in [-0.2, 0) is 4.74 Å². The van der Waals surface area contributed by atoms with Crippen molar-refractivity contribution in [3.8, 4) is 0 Å². The molecule has 0 aromatic carbocycles. The lowest BCUT2D eigenvalue weighted by Gasteiger charge is -2.30. The summed E-state index contributed by atoms with van der Waals surface area (Å²) in [6.07, 6.45) is 5.20. The summed E-state index contributed by atoms with van der Waals surface area (Å²) in [5.74, 6) is 0.806. The van der Waals surface area contributed by atoms with E-state index in [4.69, 9.17) is 4.74 Å². The van der Waals surface area contributed by atoms with Crippen molar-refractivity contribution in [2.75, 3.05) is 26.8 Å². The van der Waals surface area contributed by atoms with E-state index >= 15 is 0 Å². The molecular weight excluding hydrogens is 176 g/mol. The molecule has 2 aliphatic rings. The van der Waals surface area contributed by atoms with Crippen LogP contribution in [0.5, 0.6) is 0 Å². The number of ether oxygens (including phenoxy) is 1. The second-order valence-electron chi connectivity index (χ2n) is 4.53. The van der Waals surface area contributed by atoms with Crippen molar-refractivity contribution in [1.29, 1.82) is 0 Å². The summed E-state index contributed by atoms with van der Waals surface area (Å²) in [6, 6.07) is 1.46. The molecule has 1 aliphatic heterocycles. The van der Waals surface area contributed by atoms with E-state index in [1.165, 1.54) is 25.7 Å². The minimum absolute atomic E-state index is 0.638. The van der Waals surface area contributed by atoms with Crippen LogP contribution in [-0.4, -0.2) is 38.9 Å². The van der Waals surface area contributed by atoms with E-state index in [1.54, 1.807) is 0 Å². The molecule has 3 heteroatoms. The van der Waals surface area contributed by atoms with Crippen LogP contribution in [0.3, 0.4) is 0 Å². The fraction of sp³-hybridized carbons (Fsp3) is 1.00. The van der Waals surface area contributed by atoms with Gasteiger partial charge in [0, 0.05) is 31.8 Å². The molecule has 0 bridgehead atoms. The van der Waals surface area contributed by atoms with Gasteiger partial charge in [0.15, 0.2) is 0 Å². The smallest absolute Gasteiger partial charge is 0.0469 e. The van der Waals surface area contributed by atoms with Crippen LogP contribution in [0, 0.1) is 5.92 Å². The van der Waals surface area contributed by atoms with Crippen molar-refractivity contribution in [3.63, 3.8) is 0 Å². The van der Waals surface area contributed by atoms with Gasteiger partial charge in [0.05, 0.1) is 0 Å². The maximum absolute atomic E-state index is 5.38. The van der Waals surface area contributed by atoms with Gasteiger partial charge >= 0.3 is 0 Å². The fourth-order valence-corrected chi connectivity index (χ4v) is 2.20. The zero-order valence-corrected chi connectivity index (χ0v) is 9.09. The molecule has 14 heavy (non-hydrogen) atoms. The predicted octanol–water partition coefficient (Wildman–Crippen LogP) is 0.753. The Kier molecular flexibility index (Phi) is 3.79. The summed E-state index contributed by atoms with van der Waals surface area (Å²) >= 11 is 0. The van der Waals surface area contributed by atoms with Crippen LogP contribution in [0.25, 0.3) is 0 Å². The topological polar surface area (TPSA) is 33.3 Å². The highest BCUT2D eigenvalue weighted by Crippen LogP contribution is 2.21. The van der Waals surface area contributed by atoms with Crippen molar-refractivity contribution < 1.29 is 4.74 Å². The normalized spacial score (nSPS) is 26.4. The molecule has 1 saturated carbocycles. The van der Waals surface area contributed by atoms with Crippen molar-refractivity contribution in [3.05, 3.63) is 0 Å². The molecule has 1 saturated heterocycles. The molecule has 1 atom stereocenters. The van der Waals surface area contributed by atoms with Gasteiger partial charge in [0.25, 0.3) is 0 Å². The van der Waals surface area contributed by atoms with E-state index < -0.39 is 0 Å². The lowest BCUT2D eigenvalue weighted by molar-refractivity contribution is 0.0547. The Morgan fingerprint density at radius 3 is 2.50 bits per heavy atom. The standard InChI is InChI=1S/C11H22N2O/c1-12-11(8-13-10-2-3-10)9-4-6-14-7-5-9/h9-13H,2-8H2,1H3.